The van der Waals surface area contributed by atoms with E-state index >= 15 is 0 Å². The van der Waals surface area contributed by atoms with Gasteiger partial charge >= 0.3 is 6.03 Å². The minimum atomic E-state index is -0.235. The Balaban J connectivity index is 1.54. The van der Waals surface area contributed by atoms with E-state index in [0.717, 1.165) is 17.0 Å². The van der Waals surface area contributed by atoms with Crippen molar-refractivity contribution in [1.29, 1.82) is 0 Å². The van der Waals surface area contributed by atoms with Crippen molar-refractivity contribution in [3.05, 3.63) is 53.7 Å². The van der Waals surface area contributed by atoms with Gasteiger partial charge in [0.2, 0.25) is 11.8 Å². The zero-order chi connectivity index (χ0) is 19.4. The van der Waals surface area contributed by atoms with Crippen molar-refractivity contribution in [3.63, 3.8) is 0 Å². The molecule has 8 heteroatoms. The summed E-state index contributed by atoms with van der Waals surface area (Å²) in [6.07, 6.45) is 0. The Labute approximate surface area is 158 Å². The second-order valence-electron chi connectivity index (χ2n) is 7.41. The molecule has 0 bridgehead atoms. The van der Waals surface area contributed by atoms with Gasteiger partial charge in [0.1, 0.15) is 6.54 Å². The lowest BCUT2D eigenvalue weighted by Crippen LogP contribution is -2.36. The summed E-state index contributed by atoms with van der Waals surface area (Å²) in [5, 5.41) is 18.1. The predicted molar refractivity (Wildman–Crippen MR) is 101 cm³/mol. The van der Waals surface area contributed by atoms with Crippen LogP contribution in [-0.2, 0) is 18.5 Å². The lowest BCUT2D eigenvalue weighted by Gasteiger charge is -2.15. The van der Waals surface area contributed by atoms with E-state index in [4.69, 9.17) is 4.42 Å². The van der Waals surface area contributed by atoms with Crippen molar-refractivity contribution in [2.45, 2.75) is 39.3 Å². The van der Waals surface area contributed by atoms with Gasteiger partial charge in [0.05, 0.1) is 17.9 Å². The van der Waals surface area contributed by atoms with Crippen LogP contribution >= 0.6 is 0 Å². The van der Waals surface area contributed by atoms with Crippen LogP contribution in [0.25, 0.3) is 11.5 Å². The number of hydrogen-bond acceptors (Lipinski definition) is 5. The van der Waals surface area contributed by atoms with Crippen molar-refractivity contribution >= 4 is 6.03 Å². The van der Waals surface area contributed by atoms with E-state index in [1.165, 1.54) is 4.90 Å². The minimum absolute atomic E-state index is 0.0377. The second-order valence-corrected chi connectivity index (χ2v) is 7.41. The molecule has 0 aliphatic carbocycles. The van der Waals surface area contributed by atoms with Crippen LogP contribution in [0.2, 0.25) is 0 Å². The number of aromatic amines is 1. The van der Waals surface area contributed by atoms with E-state index in [0.29, 0.717) is 18.3 Å². The fourth-order valence-corrected chi connectivity index (χ4v) is 2.43. The van der Waals surface area contributed by atoms with Gasteiger partial charge in [-0.3, -0.25) is 5.10 Å². The summed E-state index contributed by atoms with van der Waals surface area (Å²) in [5.41, 5.74) is 2.62. The highest BCUT2D eigenvalue weighted by molar-refractivity contribution is 5.73. The molecule has 0 aliphatic heterocycles. The molecule has 1 aromatic carbocycles. The summed E-state index contributed by atoms with van der Waals surface area (Å²) in [4.78, 5) is 13.8. The Morgan fingerprint density at radius 1 is 1.22 bits per heavy atom. The molecule has 3 aromatic rings. The third-order valence-electron chi connectivity index (χ3n) is 4.04. The number of amides is 2. The molecular weight excluding hydrogens is 344 g/mol. The van der Waals surface area contributed by atoms with Crippen molar-refractivity contribution in [3.8, 4) is 11.5 Å². The Bertz CT molecular complexity index is 894. The number of hydrogen-bond donors (Lipinski definition) is 2. The second kappa shape index (κ2) is 7.61. The first-order chi connectivity index (χ1) is 12.8. The van der Waals surface area contributed by atoms with Gasteiger partial charge in [-0.2, -0.15) is 5.10 Å². The first kappa shape index (κ1) is 18.6. The quantitative estimate of drug-likeness (QED) is 0.721. The summed E-state index contributed by atoms with van der Waals surface area (Å²) in [6.45, 7) is 6.86. The number of urea groups is 1. The number of H-pyrrole nitrogens is 1. The van der Waals surface area contributed by atoms with Crippen LogP contribution in [0, 0.1) is 0 Å². The molecule has 0 spiro atoms. The number of carbonyl (C=O) groups is 1. The third kappa shape index (κ3) is 4.72. The van der Waals surface area contributed by atoms with Gasteiger partial charge < -0.3 is 14.6 Å². The summed E-state index contributed by atoms with van der Waals surface area (Å²) in [5.74, 6) is 0.814. The van der Waals surface area contributed by atoms with Gasteiger partial charge in [-0.25, -0.2) is 4.79 Å². The molecule has 27 heavy (non-hydrogen) atoms. The smallest absolute Gasteiger partial charge is 0.317 e. The zero-order valence-electron chi connectivity index (χ0n) is 16.0. The number of benzene rings is 1. The van der Waals surface area contributed by atoms with Gasteiger partial charge in [0.25, 0.3) is 0 Å². The normalized spacial score (nSPS) is 11.4. The summed E-state index contributed by atoms with van der Waals surface area (Å²) >= 11 is 0. The Morgan fingerprint density at radius 2 is 1.96 bits per heavy atom. The number of nitrogens with zero attached hydrogens (tertiary/aromatic N) is 4. The molecule has 8 nitrogen and oxygen atoms in total. The van der Waals surface area contributed by atoms with Gasteiger partial charge in [-0.1, -0.05) is 39.0 Å². The van der Waals surface area contributed by atoms with Crippen LogP contribution in [0.15, 0.2) is 40.8 Å². The molecule has 0 radical (unpaired) electrons. The molecule has 0 saturated carbocycles. The molecule has 142 valence electrons. The Kier molecular flexibility index (Phi) is 5.25. The van der Waals surface area contributed by atoms with Gasteiger partial charge in [0, 0.05) is 18.0 Å². The summed E-state index contributed by atoms with van der Waals surface area (Å²) < 4.78 is 5.63. The van der Waals surface area contributed by atoms with E-state index in [2.05, 4.69) is 46.5 Å². The fraction of sp³-hybridized carbons (Fsp3) is 0.368. The van der Waals surface area contributed by atoms with E-state index in [1.807, 2.05) is 36.4 Å². The molecule has 0 saturated heterocycles. The molecule has 0 atom stereocenters. The number of carbonyl (C=O) groups excluding carboxylic acids is 1. The predicted octanol–water partition coefficient (Wildman–Crippen LogP) is 3.10. The van der Waals surface area contributed by atoms with Gasteiger partial charge in [-0.05, 0) is 18.2 Å². The monoisotopic (exact) mass is 368 g/mol. The highest BCUT2D eigenvalue weighted by Gasteiger charge is 2.18. The first-order valence-corrected chi connectivity index (χ1v) is 8.74. The largest absolute Gasteiger partial charge is 0.419 e. The summed E-state index contributed by atoms with van der Waals surface area (Å²) in [6, 6.07) is 11.2. The van der Waals surface area contributed by atoms with Crippen molar-refractivity contribution in [1.82, 2.24) is 30.6 Å². The average Bonchev–Trinajstić information content (AvgIpc) is 3.29. The summed E-state index contributed by atoms with van der Waals surface area (Å²) in [7, 11) is 1.68. The number of rotatable bonds is 5. The van der Waals surface area contributed by atoms with Crippen LogP contribution in [0.4, 0.5) is 4.79 Å². The van der Waals surface area contributed by atoms with Crippen LogP contribution in [-0.4, -0.2) is 38.4 Å². The van der Waals surface area contributed by atoms with Crippen molar-refractivity contribution < 1.29 is 9.21 Å². The Morgan fingerprint density at radius 3 is 2.63 bits per heavy atom. The van der Waals surface area contributed by atoms with E-state index < -0.39 is 0 Å². The highest BCUT2D eigenvalue weighted by Crippen LogP contribution is 2.20. The minimum Gasteiger partial charge on any atom is -0.419 e. The van der Waals surface area contributed by atoms with Crippen molar-refractivity contribution in [2.75, 3.05) is 7.05 Å². The van der Waals surface area contributed by atoms with E-state index in [-0.39, 0.29) is 18.0 Å². The van der Waals surface area contributed by atoms with E-state index in [1.54, 1.807) is 7.05 Å². The molecule has 0 aliphatic rings. The molecular formula is C19H24N6O2. The van der Waals surface area contributed by atoms with Crippen LogP contribution in [0.1, 0.15) is 38.0 Å². The highest BCUT2D eigenvalue weighted by atomic mass is 16.4. The van der Waals surface area contributed by atoms with E-state index in [9.17, 15) is 4.79 Å². The maximum atomic E-state index is 12.3. The topological polar surface area (TPSA) is 99.9 Å². The fourth-order valence-electron chi connectivity index (χ4n) is 2.43. The molecule has 2 N–H and O–H groups in total. The SMILES string of the molecule is CN(Cc1nnc(-c2ccccc2)o1)C(=O)NCc1cc(C(C)(C)C)n[nH]1. The molecule has 2 heterocycles. The average molecular weight is 368 g/mol. The lowest BCUT2D eigenvalue weighted by molar-refractivity contribution is 0.201. The molecule has 2 aromatic heterocycles. The molecule has 0 fully saturated rings. The maximum absolute atomic E-state index is 12.3. The first-order valence-electron chi connectivity index (χ1n) is 8.74. The lowest BCUT2D eigenvalue weighted by atomic mass is 9.92. The molecule has 3 rings (SSSR count). The standard InChI is InChI=1S/C19H24N6O2/c1-19(2,3)15-10-14(21-22-15)11-20-18(26)25(4)12-16-23-24-17(27-16)13-8-6-5-7-9-13/h5-10H,11-12H2,1-4H3,(H,20,26)(H,21,22). The van der Waals surface area contributed by atoms with Gasteiger partial charge in [-0.15, -0.1) is 10.2 Å². The molecule has 0 unspecified atom stereocenters. The molecule has 2 amide bonds. The maximum Gasteiger partial charge on any atom is 0.317 e. The van der Waals surface area contributed by atoms with Gasteiger partial charge in [0.15, 0.2) is 0 Å². The third-order valence-corrected chi connectivity index (χ3v) is 4.04. The number of nitrogens with one attached hydrogen (secondary N) is 2. The Hall–Kier alpha value is -3.16. The van der Waals surface area contributed by atoms with Crippen molar-refractivity contribution in [2.24, 2.45) is 0 Å². The zero-order valence-corrected chi connectivity index (χ0v) is 16.0. The number of aromatic nitrogens is 4. The van der Waals surface area contributed by atoms with Crippen LogP contribution in [0.3, 0.4) is 0 Å². The van der Waals surface area contributed by atoms with Crippen LogP contribution < -0.4 is 5.32 Å². The van der Waals surface area contributed by atoms with Crippen LogP contribution in [0.5, 0.6) is 0 Å².